The molecule has 0 spiro atoms. The van der Waals surface area contributed by atoms with Crippen LogP contribution in [0.1, 0.15) is 18.1 Å². The number of rotatable bonds is 0. The van der Waals surface area contributed by atoms with Crippen molar-refractivity contribution in [3.63, 3.8) is 0 Å². The maximum absolute atomic E-state index is 4.11. The molecular formula is C11H11N. The highest BCUT2D eigenvalue weighted by Gasteiger charge is 2.02. The fraction of sp³-hybridized carbons (Fsp3) is 0.182. The average Bonchev–Trinajstić information content (AvgIpc) is 2.25. The van der Waals surface area contributed by atoms with E-state index in [2.05, 4.69) is 36.2 Å². The Morgan fingerprint density at radius 1 is 1.42 bits per heavy atom. The molecule has 0 amide bonds. The molecule has 0 atom stereocenters. The van der Waals surface area contributed by atoms with Crippen LogP contribution in [-0.2, 0) is 6.42 Å². The monoisotopic (exact) mass is 157 g/mol. The highest BCUT2D eigenvalue weighted by Crippen LogP contribution is 2.17. The summed E-state index contributed by atoms with van der Waals surface area (Å²) >= 11 is 0. The van der Waals surface area contributed by atoms with Crippen molar-refractivity contribution in [2.75, 3.05) is 0 Å². The Balaban J connectivity index is 2.49. The Labute approximate surface area is 72.5 Å². The van der Waals surface area contributed by atoms with Crippen molar-refractivity contribution in [1.29, 1.82) is 0 Å². The maximum Gasteiger partial charge on any atom is 0.0309 e. The van der Waals surface area contributed by atoms with Gasteiger partial charge in [0.2, 0.25) is 0 Å². The highest BCUT2D eigenvalue weighted by molar-refractivity contribution is 5.57. The van der Waals surface area contributed by atoms with E-state index >= 15 is 0 Å². The molecule has 0 fully saturated rings. The lowest BCUT2D eigenvalue weighted by molar-refractivity contribution is 1.11. The Hall–Kier alpha value is -1.37. The topological polar surface area (TPSA) is 12.9 Å². The van der Waals surface area contributed by atoms with Crippen LogP contribution in [0.25, 0.3) is 6.08 Å². The molecule has 60 valence electrons. The van der Waals surface area contributed by atoms with E-state index in [0.29, 0.717) is 0 Å². The summed E-state index contributed by atoms with van der Waals surface area (Å²) in [5, 5.41) is 0. The summed E-state index contributed by atoms with van der Waals surface area (Å²) in [7, 11) is 0. The zero-order chi connectivity index (χ0) is 8.39. The second-order valence-corrected chi connectivity index (χ2v) is 3.12. The molecule has 0 N–H and O–H groups in total. The summed E-state index contributed by atoms with van der Waals surface area (Å²) in [6.07, 6.45) is 11.2. The molecule has 0 saturated heterocycles. The molecule has 0 bridgehead atoms. The summed E-state index contributed by atoms with van der Waals surface area (Å²) in [4.78, 5) is 4.11. The SMILES string of the molecule is CC1=CC=Cc2ccncc2C1. The fourth-order valence-electron chi connectivity index (χ4n) is 1.42. The number of nitrogens with zero attached hydrogens (tertiary/aromatic N) is 1. The van der Waals surface area contributed by atoms with E-state index in [1.807, 2.05) is 12.4 Å². The van der Waals surface area contributed by atoms with Crippen LogP contribution in [0.5, 0.6) is 0 Å². The van der Waals surface area contributed by atoms with Crippen molar-refractivity contribution in [2.45, 2.75) is 13.3 Å². The molecule has 0 aliphatic heterocycles. The first-order chi connectivity index (χ1) is 5.86. The van der Waals surface area contributed by atoms with Crippen LogP contribution in [-0.4, -0.2) is 4.98 Å². The smallest absolute Gasteiger partial charge is 0.0309 e. The van der Waals surface area contributed by atoms with Crippen molar-refractivity contribution in [3.05, 3.63) is 47.3 Å². The molecule has 12 heavy (non-hydrogen) atoms. The van der Waals surface area contributed by atoms with Crippen LogP contribution in [0, 0.1) is 0 Å². The zero-order valence-electron chi connectivity index (χ0n) is 7.12. The molecule has 0 radical (unpaired) electrons. The molecule has 1 heteroatoms. The Morgan fingerprint density at radius 3 is 3.25 bits per heavy atom. The quantitative estimate of drug-likeness (QED) is 0.564. The van der Waals surface area contributed by atoms with Gasteiger partial charge in [-0.2, -0.15) is 0 Å². The molecule has 2 rings (SSSR count). The van der Waals surface area contributed by atoms with E-state index in [0.717, 1.165) is 6.42 Å². The lowest BCUT2D eigenvalue weighted by Crippen LogP contribution is -1.89. The van der Waals surface area contributed by atoms with Gasteiger partial charge in [-0.05, 0) is 30.5 Å². The number of allylic oxidation sites excluding steroid dienone is 3. The molecule has 1 nitrogen and oxygen atoms in total. The fourth-order valence-corrected chi connectivity index (χ4v) is 1.42. The summed E-state index contributed by atoms with van der Waals surface area (Å²) in [5.74, 6) is 0. The molecule has 0 aromatic carbocycles. The van der Waals surface area contributed by atoms with Gasteiger partial charge in [0, 0.05) is 12.4 Å². The van der Waals surface area contributed by atoms with Gasteiger partial charge >= 0.3 is 0 Å². The lowest BCUT2D eigenvalue weighted by atomic mass is 10.1. The van der Waals surface area contributed by atoms with Gasteiger partial charge in [-0.15, -0.1) is 0 Å². The summed E-state index contributed by atoms with van der Waals surface area (Å²) in [6.45, 7) is 2.15. The largest absolute Gasteiger partial charge is 0.264 e. The van der Waals surface area contributed by atoms with Gasteiger partial charge < -0.3 is 0 Å². The summed E-state index contributed by atoms with van der Waals surface area (Å²) in [6, 6.07) is 2.05. The van der Waals surface area contributed by atoms with E-state index < -0.39 is 0 Å². The minimum Gasteiger partial charge on any atom is -0.264 e. The summed E-state index contributed by atoms with van der Waals surface area (Å²) in [5.41, 5.74) is 4.00. The average molecular weight is 157 g/mol. The van der Waals surface area contributed by atoms with Crippen LogP contribution in [0.15, 0.2) is 36.2 Å². The molecule has 1 aromatic heterocycles. The predicted molar refractivity (Wildman–Crippen MR) is 50.7 cm³/mol. The van der Waals surface area contributed by atoms with E-state index in [4.69, 9.17) is 0 Å². The number of hydrogen-bond donors (Lipinski definition) is 0. The first-order valence-electron chi connectivity index (χ1n) is 4.13. The lowest BCUT2D eigenvalue weighted by Gasteiger charge is -2.01. The molecule has 1 aliphatic rings. The van der Waals surface area contributed by atoms with Crippen LogP contribution in [0.3, 0.4) is 0 Å². The van der Waals surface area contributed by atoms with E-state index in [1.165, 1.54) is 16.7 Å². The van der Waals surface area contributed by atoms with Gasteiger partial charge in [0.1, 0.15) is 0 Å². The third kappa shape index (κ3) is 1.30. The van der Waals surface area contributed by atoms with E-state index in [-0.39, 0.29) is 0 Å². The number of fused-ring (bicyclic) bond motifs is 1. The van der Waals surface area contributed by atoms with Gasteiger partial charge in [-0.3, -0.25) is 4.98 Å². The maximum atomic E-state index is 4.11. The molecule has 1 aliphatic carbocycles. The van der Waals surface area contributed by atoms with Gasteiger partial charge in [0.15, 0.2) is 0 Å². The summed E-state index contributed by atoms with van der Waals surface area (Å²) < 4.78 is 0. The van der Waals surface area contributed by atoms with Gasteiger partial charge in [0.05, 0.1) is 0 Å². The molecule has 1 heterocycles. The molecular weight excluding hydrogens is 146 g/mol. The Morgan fingerprint density at radius 2 is 2.33 bits per heavy atom. The van der Waals surface area contributed by atoms with Gasteiger partial charge in [-0.25, -0.2) is 0 Å². The van der Waals surface area contributed by atoms with Crippen LogP contribution < -0.4 is 0 Å². The van der Waals surface area contributed by atoms with Crippen molar-refractivity contribution in [2.24, 2.45) is 0 Å². The highest BCUT2D eigenvalue weighted by atomic mass is 14.6. The predicted octanol–water partition coefficient (Wildman–Crippen LogP) is 2.60. The third-order valence-corrected chi connectivity index (χ3v) is 2.07. The second-order valence-electron chi connectivity index (χ2n) is 3.12. The molecule has 0 saturated carbocycles. The van der Waals surface area contributed by atoms with Crippen molar-refractivity contribution in [1.82, 2.24) is 4.98 Å². The van der Waals surface area contributed by atoms with Gasteiger partial charge in [0.25, 0.3) is 0 Å². The molecule has 0 unspecified atom stereocenters. The minimum absolute atomic E-state index is 1.02. The number of pyridine rings is 1. The van der Waals surface area contributed by atoms with Crippen molar-refractivity contribution >= 4 is 6.08 Å². The molecule has 1 aromatic rings. The normalized spacial score (nSPS) is 14.9. The van der Waals surface area contributed by atoms with Crippen molar-refractivity contribution < 1.29 is 0 Å². The standard InChI is InChI=1S/C11H11N/c1-9-3-2-4-10-5-6-12-8-11(10)7-9/h2-6,8H,7H2,1H3. The van der Waals surface area contributed by atoms with Crippen LogP contribution in [0.4, 0.5) is 0 Å². The Kier molecular flexibility index (Phi) is 1.78. The third-order valence-electron chi connectivity index (χ3n) is 2.07. The second kappa shape index (κ2) is 2.94. The van der Waals surface area contributed by atoms with Crippen LogP contribution >= 0.6 is 0 Å². The Bertz CT molecular complexity index is 348. The van der Waals surface area contributed by atoms with Crippen molar-refractivity contribution in [3.8, 4) is 0 Å². The van der Waals surface area contributed by atoms with E-state index in [1.54, 1.807) is 0 Å². The minimum atomic E-state index is 1.02. The first-order valence-corrected chi connectivity index (χ1v) is 4.13. The zero-order valence-corrected chi connectivity index (χ0v) is 7.12. The van der Waals surface area contributed by atoms with Crippen LogP contribution in [0.2, 0.25) is 0 Å². The first kappa shape index (κ1) is 7.29. The number of hydrogen-bond acceptors (Lipinski definition) is 1. The van der Waals surface area contributed by atoms with Gasteiger partial charge in [-0.1, -0.05) is 23.8 Å². The van der Waals surface area contributed by atoms with E-state index in [9.17, 15) is 0 Å². The number of aromatic nitrogens is 1.